The Balaban J connectivity index is 1.52. The summed E-state index contributed by atoms with van der Waals surface area (Å²) in [6.45, 7) is 3.43. The molecule has 3 rings (SSSR count). The monoisotopic (exact) mass is 395 g/mol. The molecule has 0 aliphatic carbocycles. The van der Waals surface area contributed by atoms with Gasteiger partial charge in [-0.1, -0.05) is 29.8 Å². The zero-order valence-corrected chi connectivity index (χ0v) is 16.2. The van der Waals surface area contributed by atoms with Crippen molar-refractivity contribution in [2.24, 2.45) is 5.92 Å². The van der Waals surface area contributed by atoms with E-state index in [0.29, 0.717) is 42.1 Å². The SMILES string of the molecule is Cc1cc(OCC2CCN(S(=O)(=O)Cc3ccccc3Cl)CC2)ncn1. The van der Waals surface area contributed by atoms with Crippen LogP contribution in [0.5, 0.6) is 5.88 Å². The van der Waals surface area contributed by atoms with Gasteiger partial charge in [-0.05, 0) is 37.3 Å². The molecule has 1 fully saturated rings. The first-order chi connectivity index (χ1) is 12.4. The van der Waals surface area contributed by atoms with Crippen molar-refractivity contribution in [2.45, 2.75) is 25.5 Å². The molecule has 0 spiro atoms. The lowest BCUT2D eigenvalue weighted by Gasteiger charge is -2.31. The molecule has 2 heterocycles. The second-order valence-corrected chi connectivity index (χ2v) is 8.87. The van der Waals surface area contributed by atoms with Gasteiger partial charge in [0.2, 0.25) is 15.9 Å². The lowest BCUT2D eigenvalue weighted by molar-refractivity contribution is 0.180. The number of aryl methyl sites for hydroxylation is 1. The van der Waals surface area contributed by atoms with Gasteiger partial charge in [0.25, 0.3) is 0 Å². The molecule has 1 aliphatic rings. The third kappa shape index (κ3) is 4.93. The highest BCUT2D eigenvalue weighted by atomic mass is 35.5. The lowest BCUT2D eigenvalue weighted by atomic mass is 9.99. The summed E-state index contributed by atoms with van der Waals surface area (Å²) in [4.78, 5) is 8.12. The Morgan fingerprint density at radius 1 is 1.23 bits per heavy atom. The Morgan fingerprint density at radius 3 is 2.65 bits per heavy atom. The van der Waals surface area contributed by atoms with Crippen LogP contribution >= 0.6 is 11.6 Å². The minimum Gasteiger partial charge on any atom is -0.477 e. The molecule has 2 aromatic rings. The van der Waals surface area contributed by atoms with Crippen molar-refractivity contribution in [1.29, 1.82) is 0 Å². The van der Waals surface area contributed by atoms with Crippen LogP contribution < -0.4 is 4.74 Å². The standard InChI is InChI=1S/C18H22ClN3O3S/c1-14-10-18(21-13-20-14)25-11-15-6-8-22(9-7-15)26(23,24)12-16-4-2-3-5-17(16)19/h2-5,10,13,15H,6-9,11-12H2,1H3. The van der Waals surface area contributed by atoms with Crippen molar-refractivity contribution in [3.05, 3.63) is 52.9 Å². The van der Waals surface area contributed by atoms with Crippen molar-refractivity contribution >= 4 is 21.6 Å². The van der Waals surface area contributed by atoms with E-state index in [0.717, 1.165) is 18.5 Å². The summed E-state index contributed by atoms with van der Waals surface area (Å²) in [7, 11) is -3.37. The second-order valence-electron chi connectivity index (χ2n) is 6.50. The van der Waals surface area contributed by atoms with Gasteiger partial charge in [-0.15, -0.1) is 0 Å². The molecule has 8 heteroatoms. The molecule has 1 saturated heterocycles. The number of hydrogen-bond acceptors (Lipinski definition) is 5. The Morgan fingerprint density at radius 2 is 1.96 bits per heavy atom. The first-order valence-corrected chi connectivity index (χ1v) is 10.6. The molecule has 140 valence electrons. The molecule has 0 unspecified atom stereocenters. The van der Waals surface area contributed by atoms with Gasteiger partial charge in [-0.25, -0.2) is 22.7 Å². The smallest absolute Gasteiger partial charge is 0.218 e. The Bertz CT molecular complexity index is 852. The summed E-state index contributed by atoms with van der Waals surface area (Å²) < 4.78 is 32.6. The van der Waals surface area contributed by atoms with Gasteiger partial charge in [0.05, 0.1) is 12.4 Å². The van der Waals surface area contributed by atoms with Crippen molar-refractivity contribution < 1.29 is 13.2 Å². The summed E-state index contributed by atoms with van der Waals surface area (Å²) in [5, 5.41) is 0.486. The van der Waals surface area contributed by atoms with E-state index in [-0.39, 0.29) is 5.75 Å². The number of hydrogen-bond donors (Lipinski definition) is 0. The zero-order chi connectivity index (χ0) is 18.6. The number of piperidine rings is 1. The average Bonchev–Trinajstić information content (AvgIpc) is 2.62. The van der Waals surface area contributed by atoms with Crippen LogP contribution in [0.4, 0.5) is 0 Å². The third-order valence-corrected chi connectivity index (χ3v) is 6.70. The van der Waals surface area contributed by atoms with Gasteiger partial charge >= 0.3 is 0 Å². The van der Waals surface area contributed by atoms with E-state index >= 15 is 0 Å². The predicted octanol–water partition coefficient (Wildman–Crippen LogP) is 3.06. The maximum Gasteiger partial charge on any atom is 0.218 e. The molecule has 1 aliphatic heterocycles. The third-order valence-electron chi connectivity index (χ3n) is 4.51. The minimum atomic E-state index is -3.37. The van der Waals surface area contributed by atoms with Gasteiger partial charge in [-0.2, -0.15) is 0 Å². The van der Waals surface area contributed by atoms with Gasteiger partial charge in [0.1, 0.15) is 6.33 Å². The predicted molar refractivity (Wildman–Crippen MR) is 101 cm³/mol. The summed E-state index contributed by atoms with van der Waals surface area (Å²) in [5.41, 5.74) is 1.49. The van der Waals surface area contributed by atoms with Gasteiger partial charge in [-0.3, -0.25) is 0 Å². The molecule has 1 aromatic heterocycles. The minimum absolute atomic E-state index is 0.0615. The van der Waals surface area contributed by atoms with E-state index in [4.69, 9.17) is 16.3 Å². The fourth-order valence-electron chi connectivity index (χ4n) is 2.97. The number of benzene rings is 1. The molecular weight excluding hydrogens is 374 g/mol. The highest BCUT2D eigenvalue weighted by molar-refractivity contribution is 7.88. The van der Waals surface area contributed by atoms with Crippen LogP contribution in [0, 0.1) is 12.8 Å². The molecule has 0 saturated carbocycles. The van der Waals surface area contributed by atoms with Crippen LogP contribution in [0.3, 0.4) is 0 Å². The Hall–Kier alpha value is -1.70. The first kappa shape index (κ1) is 19.1. The molecule has 6 nitrogen and oxygen atoms in total. The van der Waals surface area contributed by atoms with Crippen LogP contribution in [0.15, 0.2) is 36.7 Å². The zero-order valence-electron chi connectivity index (χ0n) is 14.6. The van der Waals surface area contributed by atoms with Crippen LogP contribution in [-0.2, 0) is 15.8 Å². The van der Waals surface area contributed by atoms with Crippen LogP contribution in [0.25, 0.3) is 0 Å². The maximum absolute atomic E-state index is 12.6. The molecular formula is C18H22ClN3O3S. The average molecular weight is 396 g/mol. The van der Waals surface area contributed by atoms with Crippen molar-refractivity contribution in [3.8, 4) is 5.88 Å². The van der Waals surface area contributed by atoms with E-state index in [1.54, 1.807) is 34.6 Å². The number of halogens is 1. The van der Waals surface area contributed by atoms with Crippen molar-refractivity contribution in [2.75, 3.05) is 19.7 Å². The number of nitrogens with zero attached hydrogens (tertiary/aromatic N) is 3. The van der Waals surface area contributed by atoms with Crippen molar-refractivity contribution in [1.82, 2.24) is 14.3 Å². The Kier molecular flexibility index (Phi) is 6.11. The normalized spacial score (nSPS) is 16.5. The molecule has 0 N–H and O–H groups in total. The molecule has 0 amide bonds. The number of aromatic nitrogens is 2. The van der Waals surface area contributed by atoms with Gasteiger partial charge in [0, 0.05) is 29.9 Å². The number of ether oxygens (including phenoxy) is 1. The first-order valence-electron chi connectivity index (χ1n) is 8.57. The summed E-state index contributed by atoms with van der Waals surface area (Å²) in [5.74, 6) is 0.817. The van der Waals surface area contributed by atoms with Crippen LogP contribution in [0.2, 0.25) is 5.02 Å². The van der Waals surface area contributed by atoms with E-state index in [1.807, 2.05) is 6.92 Å². The van der Waals surface area contributed by atoms with E-state index in [1.165, 1.54) is 6.33 Å². The van der Waals surface area contributed by atoms with E-state index in [9.17, 15) is 8.42 Å². The van der Waals surface area contributed by atoms with Gasteiger partial charge in [0.15, 0.2) is 0 Å². The fraction of sp³-hybridized carbons (Fsp3) is 0.444. The van der Waals surface area contributed by atoms with E-state index < -0.39 is 10.0 Å². The summed E-state index contributed by atoms with van der Waals surface area (Å²) in [6, 6.07) is 8.86. The van der Waals surface area contributed by atoms with Crippen molar-refractivity contribution in [3.63, 3.8) is 0 Å². The lowest BCUT2D eigenvalue weighted by Crippen LogP contribution is -2.40. The fourth-order valence-corrected chi connectivity index (χ4v) is 4.85. The van der Waals surface area contributed by atoms with Gasteiger partial charge < -0.3 is 4.74 Å². The maximum atomic E-state index is 12.6. The number of sulfonamides is 1. The quantitative estimate of drug-likeness (QED) is 0.751. The van der Waals surface area contributed by atoms with Crippen LogP contribution in [0.1, 0.15) is 24.1 Å². The molecule has 26 heavy (non-hydrogen) atoms. The topological polar surface area (TPSA) is 72.4 Å². The molecule has 0 radical (unpaired) electrons. The summed E-state index contributed by atoms with van der Waals surface area (Å²) >= 11 is 6.09. The molecule has 0 atom stereocenters. The number of rotatable bonds is 6. The molecule has 0 bridgehead atoms. The van der Waals surface area contributed by atoms with Crippen LogP contribution in [-0.4, -0.2) is 42.4 Å². The highest BCUT2D eigenvalue weighted by Gasteiger charge is 2.29. The highest BCUT2D eigenvalue weighted by Crippen LogP contribution is 2.24. The largest absolute Gasteiger partial charge is 0.477 e. The second kappa shape index (κ2) is 8.33. The molecule has 1 aromatic carbocycles. The Labute approximate surface area is 159 Å². The summed E-state index contributed by atoms with van der Waals surface area (Å²) in [6.07, 6.45) is 3.02. The van der Waals surface area contributed by atoms with E-state index in [2.05, 4.69) is 9.97 Å².